The van der Waals surface area contributed by atoms with Gasteiger partial charge in [0.1, 0.15) is 0 Å². The Labute approximate surface area is 322 Å². The van der Waals surface area contributed by atoms with Gasteiger partial charge in [-0.25, -0.2) is 0 Å². The third-order valence-electron chi connectivity index (χ3n) is 10.3. The van der Waals surface area contributed by atoms with Gasteiger partial charge in [0.2, 0.25) is 0 Å². The van der Waals surface area contributed by atoms with Crippen LogP contribution in [0.5, 0.6) is 0 Å². The van der Waals surface area contributed by atoms with E-state index in [0.717, 1.165) is 72.2 Å². The van der Waals surface area contributed by atoms with Crippen LogP contribution >= 0.6 is 0 Å². The summed E-state index contributed by atoms with van der Waals surface area (Å²) < 4.78 is 45.0. The third-order valence-corrected chi connectivity index (χ3v) is 10.3. The first-order valence-electron chi connectivity index (χ1n) is 20.6. The molecular weight excluding hydrogens is 653 g/mol. The minimum atomic E-state index is -0.416. The minimum Gasteiger partial charge on any atom is -0.310 e. The lowest BCUT2D eigenvalue weighted by molar-refractivity contribution is 1.18. The summed E-state index contributed by atoms with van der Waals surface area (Å²) in [5, 5.41) is 4.24. The molecule has 0 amide bonds. The summed E-state index contributed by atoms with van der Waals surface area (Å²) in [6.07, 6.45) is 0. The summed E-state index contributed by atoms with van der Waals surface area (Å²) in [6.45, 7) is 0. The highest BCUT2D eigenvalue weighted by Crippen LogP contribution is 2.46. The molecule has 0 aliphatic rings. The molecule has 0 saturated heterocycles. The first-order chi connectivity index (χ1) is 28.9. The van der Waals surface area contributed by atoms with E-state index in [1.54, 1.807) is 0 Å². The average molecular weight is 694 g/mol. The Balaban J connectivity index is 1.19. The second-order valence-corrected chi connectivity index (χ2v) is 13.4. The van der Waals surface area contributed by atoms with Crippen molar-refractivity contribution in [1.29, 1.82) is 0 Å². The Hall–Kier alpha value is -7.16. The van der Waals surface area contributed by atoms with E-state index in [0.29, 0.717) is 0 Å². The van der Waals surface area contributed by atoms with E-state index in [1.807, 2.05) is 53.1 Å². The second kappa shape index (κ2) is 13.4. The van der Waals surface area contributed by atoms with Crippen molar-refractivity contribution in [3.63, 3.8) is 0 Å². The van der Waals surface area contributed by atoms with Crippen LogP contribution in [0.2, 0.25) is 0 Å². The van der Waals surface area contributed by atoms with Crippen molar-refractivity contribution in [2.45, 2.75) is 0 Å². The monoisotopic (exact) mass is 693 g/mol. The minimum absolute atomic E-state index is 0.124. The first kappa shape index (κ1) is 26.6. The molecule has 0 aliphatic carbocycles. The molecule has 2 heteroatoms. The van der Waals surface area contributed by atoms with Gasteiger partial charge < -0.3 is 9.47 Å². The van der Waals surface area contributed by atoms with Gasteiger partial charge in [0.25, 0.3) is 0 Å². The number of benzene rings is 9. The maximum atomic E-state index is 8.95. The van der Waals surface area contributed by atoms with Crippen LogP contribution in [0.1, 0.15) is 6.85 Å². The van der Waals surface area contributed by atoms with Crippen LogP contribution in [0.25, 0.3) is 71.6 Å². The topological polar surface area (TPSA) is 8.17 Å². The zero-order valence-electron chi connectivity index (χ0n) is 34.3. The number of para-hydroxylation sites is 3. The molecule has 10 rings (SSSR count). The summed E-state index contributed by atoms with van der Waals surface area (Å²) >= 11 is 0. The Morgan fingerprint density at radius 3 is 1.91 bits per heavy atom. The van der Waals surface area contributed by atoms with E-state index in [-0.39, 0.29) is 29.9 Å². The molecule has 0 radical (unpaired) electrons. The molecule has 0 saturated carbocycles. The van der Waals surface area contributed by atoms with Gasteiger partial charge in [0, 0.05) is 33.4 Å². The average Bonchev–Trinajstić information content (AvgIpc) is 3.63. The number of hydrogen-bond acceptors (Lipinski definition) is 1. The standard InChI is InChI=1S/C52H36N2/c1-3-15-37(16-4-1)41-19-13-22-45(36-41)53(44-33-31-39(32-34-44)42-30-29-38-17-7-8-18-40(38)35-42)49-26-11-9-23-46(49)47-25-14-28-51-52(47)48-24-10-12-27-50(48)54(51)43-20-5-2-6-21-43/h1-36H/i2D,5D,6D,20D,21D. The summed E-state index contributed by atoms with van der Waals surface area (Å²) in [7, 11) is 0. The van der Waals surface area contributed by atoms with Crippen LogP contribution in [-0.2, 0) is 0 Å². The van der Waals surface area contributed by atoms with Crippen LogP contribution in [0.4, 0.5) is 17.1 Å². The molecule has 0 aliphatic heterocycles. The van der Waals surface area contributed by atoms with Crippen LogP contribution in [0, 0.1) is 0 Å². The van der Waals surface area contributed by atoms with Gasteiger partial charge in [0.15, 0.2) is 0 Å². The fourth-order valence-electron chi connectivity index (χ4n) is 7.79. The van der Waals surface area contributed by atoms with E-state index in [2.05, 4.69) is 144 Å². The zero-order chi connectivity index (χ0) is 40.2. The molecular formula is C52H36N2. The molecule has 10 aromatic rings. The Kier molecular flexibility index (Phi) is 6.61. The molecule has 2 nitrogen and oxygen atoms in total. The molecule has 0 spiro atoms. The molecule has 254 valence electrons. The molecule has 54 heavy (non-hydrogen) atoms. The van der Waals surface area contributed by atoms with Crippen molar-refractivity contribution in [3.05, 3.63) is 218 Å². The van der Waals surface area contributed by atoms with E-state index in [9.17, 15) is 0 Å². The highest BCUT2D eigenvalue weighted by Gasteiger charge is 2.21. The smallest absolute Gasteiger partial charge is 0.0645 e. The number of hydrogen-bond donors (Lipinski definition) is 0. The zero-order valence-corrected chi connectivity index (χ0v) is 29.3. The maximum absolute atomic E-state index is 8.95. The van der Waals surface area contributed by atoms with Crippen molar-refractivity contribution >= 4 is 49.6 Å². The summed E-state index contributed by atoms with van der Waals surface area (Å²) in [6, 6.07) is 63.5. The highest BCUT2D eigenvalue weighted by molar-refractivity contribution is 6.17. The van der Waals surface area contributed by atoms with Gasteiger partial charge >= 0.3 is 0 Å². The number of anilines is 3. The van der Waals surface area contributed by atoms with Crippen molar-refractivity contribution in [2.24, 2.45) is 0 Å². The molecule has 0 bridgehead atoms. The lowest BCUT2D eigenvalue weighted by atomic mass is 9.96. The van der Waals surface area contributed by atoms with E-state index in [1.165, 1.54) is 10.8 Å². The third kappa shape index (κ3) is 5.53. The SMILES string of the molecule is [2H]c1c([2H])c([2H])c(-n2c3ccccc3c3c(-c4ccccc4N(c4ccc(-c5ccc6ccccc6c5)cc4)c4cccc(-c5ccccc5)c4)cccc32)c([2H])c1[2H]. The first-order valence-corrected chi connectivity index (χ1v) is 18.1. The van der Waals surface area contributed by atoms with Gasteiger partial charge in [0.05, 0.1) is 23.6 Å². The number of rotatable bonds is 7. The highest BCUT2D eigenvalue weighted by atomic mass is 15.1. The molecule has 0 N–H and O–H groups in total. The number of nitrogens with zero attached hydrogens (tertiary/aromatic N) is 2. The van der Waals surface area contributed by atoms with Crippen LogP contribution < -0.4 is 4.90 Å². The fraction of sp³-hybridized carbons (Fsp3) is 0. The van der Waals surface area contributed by atoms with Gasteiger partial charge in [-0.3, -0.25) is 0 Å². The fourth-order valence-corrected chi connectivity index (χ4v) is 7.79. The predicted octanol–water partition coefficient (Wildman–Crippen LogP) is 14.4. The molecule has 1 aromatic heterocycles. The molecule has 9 aromatic carbocycles. The normalized spacial score (nSPS) is 12.6. The van der Waals surface area contributed by atoms with Gasteiger partial charge in [-0.2, -0.15) is 0 Å². The Morgan fingerprint density at radius 1 is 0.407 bits per heavy atom. The summed E-state index contributed by atoms with van der Waals surface area (Å²) in [4.78, 5) is 2.31. The van der Waals surface area contributed by atoms with Crippen LogP contribution in [-0.4, -0.2) is 4.57 Å². The van der Waals surface area contributed by atoms with Gasteiger partial charge in [-0.1, -0.05) is 158 Å². The van der Waals surface area contributed by atoms with Crippen molar-refractivity contribution in [1.82, 2.24) is 4.57 Å². The number of fused-ring (bicyclic) bond motifs is 4. The van der Waals surface area contributed by atoms with Gasteiger partial charge in [-0.15, -0.1) is 0 Å². The lowest BCUT2D eigenvalue weighted by Gasteiger charge is -2.28. The van der Waals surface area contributed by atoms with E-state index >= 15 is 0 Å². The predicted molar refractivity (Wildman–Crippen MR) is 229 cm³/mol. The summed E-state index contributed by atoms with van der Waals surface area (Å²) in [5.41, 5.74) is 11.0. The summed E-state index contributed by atoms with van der Waals surface area (Å²) in [5.74, 6) is 0. The molecule has 0 fully saturated rings. The molecule has 0 unspecified atom stereocenters. The van der Waals surface area contributed by atoms with Crippen molar-refractivity contribution in [3.8, 4) is 39.1 Å². The van der Waals surface area contributed by atoms with E-state index < -0.39 is 6.04 Å². The Bertz CT molecular complexity index is 3200. The second-order valence-electron chi connectivity index (χ2n) is 13.4. The van der Waals surface area contributed by atoms with Crippen LogP contribution in [0.3, 0.4) is 0 Å². The largest absolute Gasteiger partial charge is 0.310 e. The molecule has 0 atom stereocenters. The number of aromatic nitrogens is 1. The lowest BCUT2D eigenvalue weighted by Crippen LogP contribution is -2.11. The van der Waals surface area contributed by atoms with E-state index in [4.69, 9.17) is 6.85 Å². The maximum Gasteiger partial charge on any atom is 0.0645 e. The molecule has 1 heterocycles. The van der Waals surface area contributed by atoms with Crippen molar-refractivity contribution in [2.75, 3.05) is 4.90 Å². The van der Waals surface area contributed by atoms with Crippen LogP contribution in [0.15, 0.2) is 218 Å². The van der Waals surface area contributed by atoms with Gasteiger partial charge in [-0.05, 0) is 99.2 Å². The Morgan fingerprint density at radius 2 is 1.04 bits per heavy atom. The van der Waals surface area contributed by atoms with Crippen molar-refractivity contribution < 1.29 is 6.85 Å². The quantitative estimate of drug-likeness (QED) is 0.161.